The Balaban J connectivity index is 2.98. The fourth-order valence-corrected chi connectivity index (χ4v) is 1.90. The molecule has 1 rings (SSSR count). The van der Waals surface area contributed by atoms with Crippen LogP contribution in [0.1, 0.15) is 39.7 Å². The van der Waals surface area contributed by atoms with Crippen LogP contribution < -0.4 is 10.6 Å². The topological polar surface area (TPSA) is 55.0 Å². The van der Waals surface area contributed by atoms with Gasteiger partial charge in [0.15, 0.2) is 0 Å². The van der Waals surface area contributed by atoms with Crippen molar-refractivity contribution in [2.45, 2.75) is 40.5 Å². The minimum atomic E-state index is 0.611. The van der Waals surface area contributed by atoms with Crippen LogP contribution in [0.4, 0.5) is 11.6 Å². The van der Waals surface area contributed by atoms with Crippen molar-refractivity contribution in [3.05, 3.63) is 11.9 Å². The number of rotatable bonds is 6. The van der Waals surface area contributed by atoms with Crippen LogP contribution >= 0.6 is 0 Å². The third-order valence-corrected chi connectivity index (χ3v) is 3.22. The Bertz CT molecular complexity index is 351. The van der Waals surface area contributed by atoms with Crippen molar-refractivity contribution in [1.29, 1.82) is 0 Å². The van der Waals surface area contributed by atoms with Crippen molar-refractivity contribution in [2.75, 3.05) is 23.7 Å². The molecule has 4 nitrogen and oxygen atoms in total. The molecule has 96 valence electrons. The Labute approximate surface area is 104 Å². The number of nitrogen functional groups attached to an aromatic ring is 1. The Morgan fingerprint density at radius 2 is 2.00 bits per heavy atom. The van der Waals surface area contributed by atoms with Crippen LogP contribution in [0.15, 0.2) is 6.33 Å². The molecule has 0 saturated heterocycles. The maximum atomic E-state index is 5.91. The molecule has 0 amide bonds. The van der Waals surface area contributed by atoms with Gasteiger partial charge in [0.2, 0.25) is 0 Å². The number of hydrogen-bond acceptors (Lipinski definition) is 4. The van der Waals surface area contributed by atoms with E-state index in [9.17, 15) is 0 Å². The van der Waals surface area contributed by atoms with Gasteiger partial charge < -0.3 is 10.6 Å². The van der Waals surface area contributed by atoms with Gasteiger partial charge in [-0.25, -0.2) is 9.97 Å². The highest BCUT2D eigenvalue weighted by atomic mass is 15.2. The van der Waals surface area contributed by atoms with Crippen LogP contribution in [-0.2, 0) is 6.42 Å². The van der Waals surface area contributed by atoms with Crippen molar-refractivity contribution >= 4 is 11.6 Å². The standard InChI is InChI=1S/C13H24N4/c1-5-10(4)8-17(7-3)13-11(6-2)12(14)15-9-16-13/h9-10H,5-8H2,1-4H3,(H2,14,15,16). The molecular formula is C13H24N4. The van der Waals surface area contributed by atoms with Crippen molar-refractivity contribution in [1.82, 2.24) is 9.97 Å². The fourth-order valence-electron chi connectivity index (χ4n) is 1.90. The first-order chi connectivity index (χ1) is 8.13. The quantitative estimate of drug-likeness (QED) is 0.824. The minimum Gasteiger partial charge on any atom is -0.383 e. The smallest absolute Gasteiger partial charge is 0.137 e. The van der Waals surface area contributed by atoms with Crippen LogP contribution in [-0.4, -0.2) is 23.1 Å². The zero-order valence-corrected chi connectivity index (χ0v) is 11.4. The summed E-state index contributed by atoms with van der Waals surface area (Å²) < 4.78 is 0. The summed E-state index contributed by atoms with van der Waals surface area (Å²) in [5.74, 6) is 2.28. The van der Waals surface area contributed by atoms with E-state index >= 15 is 0 Å². The highest BCUT2D eigenvalue weighted by Crippen LogP contribution is 2.23. The van der Waals surface area contributed by atoms with Crippen LogP contribution in [0.2, 0.25) is 0 Å². The second kappa shape index (κ2) is 6.42. The van der Waals surface area contributed by atoms with Gasteiger partial charge in [-0.05, 0) is 19.3 Å². The maximum absolute atomic E-state index is 5.91. The Hall–Kier alpha value is -1.32. The maximum Gasteiger partial charge on any atom is 0.137 e. The summed E-state index contributed by atoms with van der Waals surface area (Å²) in [4.78, 5) is 10.8. The minimum absolute atomic E-state index is 0.611. The summed E-state index contributed by atoms with van der Waals surface area (Å²) in [6.45, 7) is 10.7. The average Bonchev–Trinajstić information content (AvgIpc) is 2.35. The summed E-state index contributed by atoms with van der Waals surface area (Å²) in [5, 5.41) is 0. The van der Waals surface area contributed by atoms with E-state index in [-0.39, 0.29) is 0 Å². The predicted molar refractivity (Wildman–Crippen MR) is 73.2 cm³/mol. The van der Waals surface area contributed by atoms with Gasteiger partial charge in [0.25, 0.3) is 0 Å². The van der Waals surface area contributed by atoms with E-state index in [1.165, 1.54) is 6.42 Å². The van der Waals surface area contributed by atoms with E-state index < -0.39 is 0 Å². The highest BCUT2D eigenvalue weighted by molar-refractivity contribution is 5.56. The largest absolute Gasteiger partial charge is 0.383 e. The molecular weight excluding hydrogens is 212 g/mol. The van der Waals surface area contributed by atoms with Crippen molar-refractivity contribution < 1.29 is 0 Å². The lowest BCUT2D eigenvalue weighted by Crippen LogP contribution is -2.30. The number of nitrogens with zero attached hydrogens (tertiary/aromatic N) is 3. The van der Waals surface area contributed by atoms with E-state index in [1.54, 1.807) is 6.33 Å². The number of nitrogens with two attached hydrogens (primary N) is 1. The number of aromatic nitrogens is 2. The van der Waals surface area contributed by atoms with Gasteiger partial charge in [0, 0.05) is 18.7 Å². The molecule has 0 radical (unpaired) electrons. The molecule has 1 aromatic heterocycles. The van der Waals surface area contributed by atoms with Gasteiger partial charge in [-0.2, -0.15) is 0 Å². The molecule has 0 bridgehead atoms. The molecule has 1 unspecified atom stereocenters. The molecule has 0 aliphatic rings. The van der Waals surface area contributed by atoms with Crippen LogP contribution in [0.5, 0.6) is 0 Å². The van der Waals surface area contributed by atoms with Gasteiger partial charge in [-0.1, -0.05) is 27.2 Å². The Morgan fingerprint density at radius 1 is 1.29 bits per heavy atom. The lowest BCUT2D eigenvalue weighted by molar-refractivity contribution is 0.544. The van der Waals surface area contributed by atoms with E-state index in [0.717, 1.165) is 30.9 Å². The van der Waals surface area contributed by atoms with Gasteiger partial charge in [-0.3, -0.25) is 0 Å². The molecule has 4 heteroatoms. The lowest BCUT2D eigenvalue weighted by Gasteiger charge is -2.27. The SMILES string of the molecule is CCc1c(N)ncnc1N(CC)CC(C)CC. The number of anilines is 2. The molecule has 1 atom stereocenters. The van der Waals surface area contributed by atoms with Gasteiger partial charge in [-0.15, -0.1) is 0 Å². The second-order valence-corrected chi connectivity index (χ2v) is 4.47. The van der Waals surface area contributed by atoms with Gasteiger partial charge in [0.05, 0.1) is 0 Å². The molecule has 1 heterocycles. The van der Waals surface area contributed by atoms with Gasteiger partial charge in [0.1, 0.15) is 18.0 Å². The lowest BCUT2D eigenvalue weighted by atomic mass is 10.1. The van der Waals surface area contributed by atoms with Crippen molar-refractivity contribution in [2.24, 2.45) is 5.92 Å². The van der Waals surface area contributed by atoms with Crippen LogP contribution in [0, 0.1) is 5.92 Å². The van der Waals surface area contributed by atoms with Crippen LogP contribution in [0.3, 0.4) is 0 Å². The average molecular weight is 236 g/mol. The summed E-state index contributed by atoms with van der Waals surface area (Å²) in [5.41, 5.74) is 6.98. The molecule has 0 saturated carbocycles. The molecule has 0 aromatic carbocycles. The molecule has 0 aliphatic carbocycles. The third-order valence-electron chi connectivity index (χ3n) is 3.22. The monoisotopic (exact) mass is 236 g/mol. The molecule has 2 N–H and O–H groups in total. The van der Waals surface area contributed by atoms with Crippen LogP contribution in [0.25, 0.3) is 0 Å². The first-order valence-electron chi connectivity index (χ1n) is 6.48. The predicted octanol–water partition coefficient (Wildman–Crippen LogP) is 2.49. The highest BCUT2D eigenvalue weighted by Gasteiger charge is 2.15. The molecule has 0 spiro atoms. The van der Waals surface area contributed by atoms with Gasteiger partial charge >= 0.3 is 0 Å². The molecule has 17 heavy (non-hydrogen) atoms. The van der Waals surface area contributed by atoms with E-state index in [1.807, 2.05) is 0 Å². The van der Waals surface area contributed by atoms with E-state index in [0.29, 0.717) is 11.7 Å². The molecule has 0 aliphatic heterocycles. The summed E-state index contributed by atoms with van der Waals surface area (Å²) >= 11 is 0. The van der Waals surface area contributed by atoms with Crippen molar-refractivity contribution in [3.8, 4) is 0 Å². The Kier molecular flexibility index (Phi) is 5.19. The van der Waals surface area contributed by atoms with Crippen molar-refractivity contribution in [3.63, 3.8) is 0 Å². The summed E-state index contributed by atoms with van der Waals surface area (Å²) in [6.07, 6.45) is 3.61. The normalized spacial score (nSPS) is 12.5. The summed E-state index contributed by atoms with van der Waals surface area (Å²) in [7, 11) is 0. The first-order valence-corrected chi connectivity index (χ1v) is 6.48. The second-order valence-electron chi connectivity index (χ2n) is 4.47. The number of hydrogen-bond donors (Lipinski definition) is 1. The zero-order chi connectivity index (χ0) is 12.8. The fraction of sp³-hybridized carbons (Fsp3) is 0.692. The van der Waals surface area contributed by atoms with E-state index in [2.05, 4.69) is 42.6 Å². The zero-order valence-electron chi connectivity index (χ0n) is 11.4. The summed E-state index contributed by atoms with van der Waals surface area (Å²) in [6, 6.07) is 0. The molecule has 1 aromatic rings. The Morgan fingerprint density at radius 3 is 2.53 bits per heavy atom. The van der Waals surface area contributed by atoms with E-state index in [4.69, 9.17) is 5.73 Å². The third kappa shape index (κ3) is 3.32. The molecule has 0 fully saturated rings. The first kappa shape index (κ1) is 13.7.